The Bertz CT molecular complexity index is 1820. The molecule has 0 unspecified atom stereocenters. The van der Waals surface area contributed by atoms with Gasteiger partial charge < -0.3 is 29.8 Å². The highest BCUT2D eigenvalue weighted by molar-refractivity contribution is 5.87. The highest BCUT2D eigenvalue weighted by Gasteiger charge is 2.39. The topological polar surface area (TPSA) is 140 Å². The second-order valence-electron chi connectivity index (χ2n) is 14.5. The Morgan fingerprint density at radius 1 is 0.840 bits per heavy atom. The van der Waals surface area contributed by atoms with E-state index in [1.807, 2.05) is 54.9 Å². The Labute approximate surface area is 294 Å². The van der Waals surface area contributed by atoms with Gasteiger partial charge in [0.05, 0.1) is 48.2 Å². The lowest BCUT2D eigenvalue weighted by Crippen LogP contribution is -2.51. The zero-order valence-corrected chi connectivity index (χ0v) is 30.2. The summed E-state index contributed by atoms with van der Waals surface area (Å²) >= 11 is 0. The van der Waals surface area contributed by atoms with E-state index in [1.165, 1.54) is 7.11 Å². The smallest absolute Gasteiger partial charge is 0.407 e. The minimum Gasteiger partial charge on any atom is -0.453 e. The first kappa shape index (κ1) is 35.1. The largest absolute Gasteiger partial charge is 0.453 e. The number of benzene rings is 2. The molecule has 2 saturated heterocycles. The Hall–Kier alpha value is -4.71. The highest BCUT2D eigenvalue weighted by atomic mass is 16.5. The van der Waals surface area contributed by atoms with Crippen LogP contribution in [0.4, 0.5) is 4.79 Å². The number of hydrogen-bond acceptors (Lipinski definition) is 7. The van der Waals surface area contributed by atoms with Gasteiger partial charge in [-0.25, -0.2) is 14.8 Å². The molecule has 0 radical (unpaired) electrons. The number of nitrogens with zero attached hydrogens (tertiary/aromatic N) is 5. The molecule has 2 aliphatic rings. The molecular formula is C38H50N8O4. The number of carbonyl (C=O) groups excluding carboxylic acids is 3. The molecule has 4 aromatic rings. The number of alkyl carbamates (subject to hydrolysis) is 1. The number of H-pyrrole nitrogens is 2. The van der Waals surface area contributed by atoms with Crippen molar-refractivity contribution in [3.63, 3.8) is 0 Å². The van der Waals surface area contributed by atoms with Gasteiger partial charge in [-0.05, 0) is 80.4 Å². The summed E-state index contributed by atoms with van der Waals surface area (Å²) in [4.78, 5) is 61.5. The second-order valence-corrected chi connectivity index (χ2v) is 14.5. The number of aromatic nitrogens is 4. The van der Waals surface area contributed by atoms with Crippen LogP contribution in [-0.2, 0) is 14.3 Å². The molecule has 2 aromatic carbocycles. The van der Waals surface area contributed by atoms with Crippen LogP contribution in [0.25, 0.3) is 33.4 Å². The van der Waals surface area contributed by atoms with Gasteiger partial charge in [0, 0.05) is 13.1 Å². The highest BCUT2D eigenvalue weighted by Crippen LogP contribution is 2.35. The van der Waals surface area contributed by atoms with Crippen LogP contribution in [0.2, 0.25) is 0 Å². The molecule has 3 N–H and O–H groups in total. The predicted molar refractivity (Wildman–Crippen MR) is 193 cm³/mol. The van der Waals surface area contributed by atoms with Gasteiger partial charge in [-0.3, -0.25) is 14.5 Å². The SMILES string of the molecule is COC(=O)N[C@H](C(=O)N1CCC[C@H]1c1nc2ccc(-c3ccc(-c4cnc([C@@H]5CCCN5C(=O)[C@@H](C(C)C)N(C)C)[nH]4)cc3)cc2[nH]1)C(C)C. The number of nitrogens with one attached hydrogen (secondary N) is 3. The summed E-state index contributed by atoms with van der Waals surface area (Å²) in [6, 6.07) is 13.4. The van der Waals surface area contributed by atoms with E-state index in [9.17, 15) is 14.4 Å². The van der Waals surface area contributed by atoms with Crippen LogP contribution in [0.1, 0.15) is 77.1 Å². The zero-order valence-electron chi connectivity index (χ0n) is 30.2. The fraction of sp³-hybridized carbons (Fsp3) is 0.500. The third-order valence-corrected chi connectivity index (χ3v) is 10.2. The number of likely N-dealkylation sites (N-methyl/N-ethyl adjacent to an activating group) is 1. The third-order valence-electron chi connectivity index (χ3n) is 10.2. The molecule has 2 aliphatic heterocycles. The van der Waals surface area contributed by atoms with Gasteiger partial charge in [0.25, 0.3) is 0 Å². The summed E-state index contributed by atoms with van der Waals surface area (Å²) in [5.41, 5.74) is 5.79. The molecule has 50 heavy (non-hydrogen) atoms. The molecule has 0 aliphatic carbocycles. The number of hydrogen-bond donors (Lipinski definition) is 3. The maximum atomic E-state index is 13.6. The predicted octanol–water partition coefficient (Wildman–Crippen LogP) is 5.91. The van der Waals surface area contributed by atoms with Gasteiger partial charge in [0.1, 0.15) is 17.7 Å². The molecule has 2 aromatic heterocycles. The van der Waals surface area contributed by atoms with Crippen molar-refractivity contribution in [3.8, 4) is 22.4 Å². The van der Waals surface area contributed by atoms with Crippen molar-refractivity contribution >= 4 is 28.9 Å². The number of carbonyl (C=O) groups is 3. The van der Waals surface area contributed by atoms with Crippen molar-refractivity contribution in [1.29, 1.82) is 0 Å². The Morgan fingerprint density at radius 3 is 2.08 bits per heavy atom. The molecule has 4 atom stereocenters. The number of likely N-dealkylation sites (tertiary alicyclic amines) is 2. The van der Waals surface area contributed by atoms with Gasteiger partial charge >= 0.3 is 6.09 Å². The number of amides is 3. The molecule has 3 amide bonds. The summed E-state index contributed by atoms with van der Waals surface area (Å²) in [5.74, 6) is 1.74. The van der Waals surface area contributed by atoms with Gasteiger partial charge in [-0.2, -0.15) is 0 Å². The minimum absolute atomic E-state index is 0.0506. The molecule has 6 rings (SSSR count). The maximum Gasteiger partial charge on any atom is 0.407 e. The van der Waals surface area contributed by atoms with Crippen LogP contribution in [0.3, 0.4) is 0 Å². The number of imidazole rings is 2. The van der Waals surface area contributed by atoms with Crippen molar-refractivity contribution in [2.45, 2.75) is 77.5 Å². The second kappa shape index (κ2) is 14.6. The molecule has 266 valence electrons. The van der Waals surface area contributed by atoms with Gasteiger partial charge in [0.15, 0.2) is 0 Å². The van der Waals surface area contributed by atoms with Gasteiger partial charge in [-0.15, -0.1) is 0 Å². The molecule has 0 saturated carbocycles. The molecule has 2 fully saturated rings. The summed E-state index contributed by atoms with van der Waals surface area (Å²) in [6.07, 6.45) is 4.76. The maximum absolute atomic E-state index is 13.6. The Balaban J connectivity index is 1.17. The third kappa shape index (κ3) is 6.98. The van der Waals surface area contributed by atoms with Crippen LogP contribution in [0.5, 0.6) is 0 Å². The van der Waals surface area contributed by atoms with Gasteiger partial charge in [-0.1, -0.05) is 58.0 Å². The lowest BCUT2D eigenvalue weighted by atomic mass is 10.0. The monoisotopic (exact) mass is 682 g/mol. The van der Waals surface area contributed by atoms with E-state index in [2.05, 4.69) is 65.5 Å². The van der Waals surface area contributed by atoms with Crippen molar-refractivity contribution in [2.75, 3.05) is 34.3 Å². The quantitative estimate of drug-likeness (QED) is 0.189. The van der Waals surface area contributed by atoms with Crippen molar-refractivity contribution in [3.05, 3.63) is 60.3 Å². The molecule has 12 nitrogen and oxygen atoms in total. The zero-order chi connectivity index (χ0) is 35.7. The fourth-order valence-corrected chi connectivity index (χ4v) is 7.64. The van der Waals surface area contributed by atoms with Crippen LogP contribution >= 0.6 is 0 Å². The normalized spacial score (nSPS) is 19.2. The Morgan fingerprint density at radius 2 is 1.46 bits per heavy atom. The first-order valence-corrected chi connectivity index (χ1v) is 17.7. The van der Waals surface area contributed by atoms with Crippen LogP contribution < -0.4 is 5.32 Å². The van der Waals surface area contributed by atoms with Crippen LogP contribution in [-0.4, -0.2) is 98.9 Å². The average Bonchev–Trinajstić information content (AvgIpc) is 3.91. The number of aromatic amines is 2. The van der Waals surface area contributed by atoms with Crippen molar-refractivity contribution < 1.29 is 19.1 Å². The van der Waals surface area contributed by atoms with E-state index >= 15 is 0 Å². The lowest BCUT2D eigenvalue weighted by Gasteiger charge is -2.33. The van der Waals surface area contributed by atoms with Crippen LogP contribution in [0.15, 0.2) is 48.7 Å². The first-order chi connectivity index (χ1) is 24.0. The van der Waals surface area contributed by atoms with E-state index in [-0.39, 0.29) is 41.8 Å². The van der Waals surface area contributed by atoms with Gasteiger partial charge in [0.2, 0.25) is 11.8 Å². The first-order valence-electron chi connectivity index (χ1n) is 17.7. The van der Waals surface area contributed by atoms with E-state index in [1.54, 1.807) is 0 Å². The number of rotatable bonds is 10. The Kier molecular flexibility index (Phi) is 10.3. The standard InChI is InChI=1S/C38H50N8O4/c1-22(2)32(43-38(49)50-7)36(47)45-18-9-11-31(45)35-40-27-17-16-26(20-28(27)41-35)24-12-14-25(15-13-24)29-21-39-34(42-29)30-10-8-19-46(30)37(48)33(23(3)4)44(5)6/h12-17,20-23,30-33H,8-11,18-19H2,1-7H3,(H,39,42)(H,40,41)(H,43,49)/t30-,31-,32-,33+/m0/s1. The number of methoxy groups -OCH3 is 1. The van der Waals surface area contributed by atoms with Crippen LogP contribution in [0, 0.1) is 11.8 Å². The molecule has 12 heteroatoms. The van der Waals surface area contributed by atoms with E-state index in [0.29, 0.717) is 6.54 Å². The minimum atomic E-state index is -0.678. The van der Waals surface area contributed by atoms with E-state index < -0.39 is 12.1 Å². The molecule has 4 heterocycles. The summed E-state index contributed by atoms with van der Waals surface area (Å²) in [5, 5.41) is 2.71. The molecule has 0 bridgehead atoms. The average molecular weight is 683 g/mol. The summed E-state index contributed by atoms with van der Waals surface area (Å²) in [7, 11) is 5.24. The lowest BCUT2D eigenvalue weighted by molar-refractivity contribution is -0.138. The molecule has 0 spiro atoms. The number of fused-ring (bicyclic) bond motifs is 1. The number of ether oxygens (including phenoxy) is 1. The van der Waals surface area contributed by atoms with Crippen molar-refractivity contribution in [1.82, 2.24) is 40.0 Å². The van der Waals surface area contributed by atoms with Crippen molar-refractivity contribution in [2.24, 2.45) is 11.8 Å². The molecular weight excluding hydrogens is 632 g/mol. The van der Waals surface area contributed by atoms with E-state index in [0.717, 1.165) is 77.3 Å². The van der Waals surface area contributed by atoms with E-state index in [4.69, 9.17) is 14.7 Å². The summed E-state index contributed by atoms with van der Waals surface area (Å²) < 4.78 is 4.76. The fourth-order valence-electron chi connectivity index (χ4n) is 7.64. The summed E-state index contributed by atoms with van der Waals surface area (Å²) in [6.45, 7) is 9.36.